The van der Waals surface area contributed by atoms with Crippen LogP contribution >= 0.6 is 0 Å². The van der Waals surface area contributed by atoms with E-state index in [2.05, 4.69) is 41.7 Å². The maximum Gasteiger partial charge on any atom is 0.259 e. The molecule has 0 bridgehead atoms. The van der Waals surface area contributed by atoms with Crippen LogP contribution in [0.5, 0.6) is 23.0 Å². The number of amides is 4. The van der Waals surface area contributed by atoms with Gasteiger partial charge in [0.25, 0.3) is 23.6 Å². The lowest BCUT2D eigenvalue weighted by molar-refractivity contribution is 0.101. The van der Waals surface area contributed by atoms with Crippen molar-refractivity contribution in [3.8, 4) is 23.0 Å². The SMILES string of the molecule is COc1ccc(N=Nc2c(O)c(C(=O)Nc3cc(C)c(NC(=O)c4cc5ccccc5c(N=Nc5ccc(OC)c(C(=O)Nc6ccccc6)c5)c4O)c(C)c3)cc3ccccc23)cc1C(=O)Nc1ccccc1. The van der Waals surface area contributed by atoms with Crippen molar-refractivity contribution in [2.45, 2.75) is 13.8 Å². The number of phenolic OH excluding ortho intramolecular Hbond substituents is 2. The number of carbonyl (C=O) groups is 4. The van der Waals surface area contributed by atoms with Crippen LogP contribution in [-0.2, 0) is 0 Å². The third-order valence-electron chi connectivity index (χ3n) is 12.0. The fraction of sp³-hybridized carbons (Fsp3) is 0.0690. The van der Waals surface area contributed by atoms with Crippen molar-refractivity contribution in [2.75, 3.05) is 35.5 Å². The van der Waals surface area contributed by atoms with E-state index < -0.39 is 35.1 Å². The molecule has 4 amide bonds. The summed E-state index contributed by atoms with van der Waals surface area (Å²) >= 11 is 0. The highest BCUT2D eigenvalue weighted by Crippen LogP contribution is 2.42. The number of aryl methyl sites for hydroxylation is 2. The smallest absolute Gasteiger partial charge is 0.259 e. The summed E-state index contributed by atoms with van der Waals surface area (Å²) in [5.41, 5.74) is 4.04. The van der Waals surface area contributed by atoms with Crippen LogP contribution in [0, 0.1) is 13.8 Å². The second kappa shape index (κ2) is 21.4. The van der Waals surface area contributed by atoms with E-state index in [0.29, 0.717) is 66.9 Å². The average molecular weight is 983 g/mol. The number of para-hydroxylation sites is 2. The predicted molar refractivity (Wildman–Crippen MR) is 286 cm³/mol. The first-order chi connectivity index (χ1) is 35.9. The standard InChI is InChI=1S/C58H46N8O8/c1-33-27-41(61-57(71)46-29-35-15-11-13-21-42(35)51(53(46)67)65-63-39-23-25-48(73-3)44(31-39)55(69)59-37-17-7-5-8-18-37)28-34(2)50(33)62-58(72)47-30-36-16-12-14-22-43(36)52(54(47)68)66-64-40-24-26-49(74-4)45(32-40)56(70)60-38-19-9-6-10-20-38/h5-32,67-68H,1-4H3,(H,59,69)(H,60,70)(H,61,71)(H,62,72). The minimum atomic E-state index is -0.645. The van der Waals surface area contributed by atoms with Gasteiger partial charge < -0.3 is 41.0 Å². The second-order valence-corrected chi connectivity index (χ2v) is 16.9. The van der Waals surface area contributed by atoms with Crippen LogP contribution < -0.4 is 30.7 Å². The van der Waals surface area contributed by atoms with E-state index in [1.807, 2.05) is 12.1 Å². The summed E-state index contributed by atoms with van der Waals surface area (Å²) in [5.74, 6) is -2.34. The Kier molecular flexibility index (Phi) is 14.1. The topological polar surface area (TPSA) is 225 Å². The molecule has 16 heteroatoms. The first kappa shape index (κ1) is 48.8. The summed E-state index contributed by atoms with van der Waals surface area (Å²) < 4.78 is 10.9. The molecule has 0 fully saturated rings. The number of nitrogens with one attached hydrogen (secondary N) is 4. The van der Waals surface area contributed by atoms with Crippen LogP contribution in [-0.4, -0.2) is 48.1 Å². The summed E-state index contributed by atoms with van der Waals surface area (Å²) in [6, 6.07) is 48.0. The zero-order chi connectivity index (χ0) is 51.9. The molecule has 9 aromatic carbocycles. The van der Waals surface area contributed by atoms with Gasteiger partial charge in [0.15, 0.2) is 11.5 Å². The highest BCUT2D eigenvalue weighted by atomic mass is 16.5. The molecular formula is C58H46N8O8. The number of anilines is 4. The Bertz CT molecular complexity index is 3710. The molecule has 0 heterocycles. The van der Waals surface area contributed by atoms with Crippen molar-refractivity contribution >= 4 is 90.7 Å². The van der Waals surface area contributed by atoms with E-state index in [0.717, 1.165) is 0 Å². The van der Waals surface area contributed by atoms with Crippen molar-refractivity contribution < 1.29 is 38.9 Å². The summed E-state index contributed by atoms with van der Waals surface area (Å²) in [5, 5.41) is 54.6. The third kappa shape index (κ3) is 10.5. The fourth-order valence-electron chi connectivity index (χ4n) is 8.32. The minimum absolute atomic E-state index is 0.0322. The quantitative estimate of drug-likeness (QED) is 0.0573. The van der Waals surface area contributed by atoms with E-state index in [1.165, 1.54) is 26.4 Å². The Morgan fingerprint density at radius 3 is 1.22 bits per heavy atom. The van der Waals surface area contributed by atoms with Crippen LogP contribution in [0.2, 0.25) is 0 Å². The molecule has 0 saturated heterocycles. The lowest BCUT2D eigenvalue weighted by atomic mass is 10.0. The van der Waals surface area contributed by atoms with Gasteiger partial charge >= 0.3 is 0 Å². The van der Waals surface area contributed by atoms with E-state index in [1.54, 1.807) is 159 Å². The van der Waals surface area contributed by atoms with Crippen molar-refractivity contribution in [1.82, 2.24) is 0 Å². The van der Waals surface area contributed by atoms with Crippen molar-refractivity contribution in [3.63, 3.8) is 0 Å². The summed E-state index contributed by atoms with van der Waals surface area (Å²) in [4.78, 5) is 54.7. The molecule has 0 aromatic heterocycles. The van der Waals surface area contributed by atoms with Gasteiger partial charge in [-0.1, -0.05) is 84.9 Å². The molecule has 366 valence electrons. The average Bonchev–Trinajstić information content (AvgIpc) is 3.41. The zero-order valence-electron chi connectivity index (χ0n) is 40.3. The molecule has 0 radical (unpaired) electrons. The minimum Gasteiger partial charge on any atom is -0.505 e. The van der Waals surface area contributed by atoms with Crippen molar-refractivity contribution in [1.29, 1.82) is 0 Å². The number of nitrogens with zero attached hydrogens (tertiary/aromatic N) is 4. The number of ether oxygens (including phenoxy) is 2. The number of phenols is 2. The van der Waals surface area contributed by atoms with Crippen LogP contribution in [0.3, 0.4) is 0 Å². The van der Waals surface area contributed by atoms with Gasteiger partial charge in [-0.3, -0.25) is 19.2 Å². The molecule has 9 aromatic rings. The maximum absolute atomic E-state index is 14.1. The van der Waals surface area contributed by atoms with Crippen LogP contribution in [0.1, 0.15) is 52.6 Å². The zero-order valence-corrected chi connectivity index (χ0v) is 40.3. The van der Waals surface area contributed by atoms with Gasteiger partial charge in [0.05, 0.1) is 47.8 Å². The summed E-state index contributed by atoms with van der Waals surface area (Å²) in [6.07, 6.45) is 0. The van der Waals surface area contributed by atoms with Gasteiger partial charge in [-0.2, -0.15) is 10.2 Å². The normalized spacial score (nSPS) is 11.2. The first-order valence-electron chi connectivity index (χ1n) is 23.0. The maximum atomic E-state index is 14.1. The number of azo groups is 2. The number of methoxy groups -OCH3 is 2. The predicted octanol–water partition coefficient (Wildman–Crippen LogP) is 13.9. The number of benzene rings is 9. The Hall–Kier alpha value is -10.2. The number of carbonyl (C=O) groups excluding carboxylic acids is 4. The van der Waals surface area contributed by atoms with Crippen LogP contribution in [0.4, 0.5) is 45.5 Å². The molecule has 16 nitrogen and oxygen atoms in total. The molecule has 9 rings (SSSR count). The van der Waals surface area contributed by atoms with Gasteiger partial charge in [-0.25, -0.2) is 0 Å². The Balaban J connectivity index is 0.950. The number of fused-ring (bicyclic) bond motifs is 2. The largest absolute Gasteiger partial charge is 0.505 e. The lowest BCUT2D eigenvalue weighted by Crippen LogP contribution is -2.16. The van der Waals surface area contributed by atoms with E-state index >= 15 is 0 Å². The second-order valence-electron chi connectivity index (χ2n) is 16.9. The van der Waals surface area contributed by atoms with Gasteiger partial charge in [0.1, 0.15) is 22.9 Å². The molecular weight excluding hydrogens is 937 g/mol. The fourth-order valence-corrected chi connectivity index (χ4v) is 8.32. The summed E-state index contributed by atoms with van der Waals surface area (Å²) in [7, 11) is 2.91. The monoisotopic (exact) mass is 982 g/mol. The first-order valence-corrected chi connectivity index (χ1v) is 23.0. The molecule has 0 unspecified atom stereocenters. The number of aromatic hydroxyl groups is 2. The molecule has 0 saturated carbocycles. The van der Waals surface area contributed by atoms with E-state index in [4.69, 9.17) is 9.47 Å². The lowest BCUT2D eigenvalue weighted by Gasteiger charge is -2.16. The van der Waals surface area contributed by atoms with Gasteiger partial charge in [0, 0.05) is 33.5 Å². The Morgan fingerprint density at radius 1 is 0.405 bits per heavy atom. The molecule has 0 atom stereocenters. The molecule has 0 aliphatic carbocycles. The van der Waals surface area contributed by atoms with E-state index in [9.17, 15) is 29.4 Å². The highest BCUT2D eigenvalue weighted by molar-refractivity contribution is 6.14. The molecule has 0 aliphatic heterocycles. The molecule has 0 spiro atoms. The van der Waals surface area contributed by atoms with Crippen LogP contribution in [0.15, 0.2) is 190 Å². The number of rotatable bonds is 14. The number of hydrogen-bond acceptors (Lipinski definition) is 12. The highest BCUT2D eigenvalue weighted by Gasteiger charge is 2.23. The number of hydrogen-bond donors (Lipinski definition) is 6. The Morgan fingerprint density at radius 2 is 0.784 bits per heavy atom. The van der Waals surface area contributed by atoms with Gasteiger partial charge in [0.2, 0.25) is 0 Å². The van der Waals surface area contributed by atoms with E-state index in [-0.39, 0.29) is 45.0 Å². The van der Waals surface area contributed by atoms with Gasteiger partial charge in [-0.05, 0) is 121 Å². The molecule has 74 heavy (non-hydrogen) atoms. The van der Waals surface area contributed by atoms with Gasteiger partial charge in [-0.15, -0.1) is 10.2 Å². The summed E-state index contributed by atoms with van der Waals surface area (Å²) in [6.45, 7) is 3.51. The van der Waals surface area contributed by atoms with Crippen molar-refractivity contribution in [2.24, 2.45) is 20.5 Å². The molecule has 0 aliphatic rings. The molecule has 6 N–H and O–H groups in total. The third-order valence-corrected chi connectivity index (χ3v) is 12.0. The Labute approximate surface area is 424 Å². The van der Waals surface area contributed by atoms with Crippen LogP contribution in [0.25, 0.3) is 21.5 Å². The van der Waals surface area contributed by atoms with Crippen molar-refractivity contribution in [3.05, 3.63) is 203 Å².